The molecule has 106 valence electrons. The maximum absolute atomic E-state index is 10.9. The Bertz CT molecular complexity index is 769. The van der Waals surface area contributed by atoms with E-state index >= 15 is 0 Å². The highest BCUT2D eigenvalue weighted by atomic mass is 16.6. The molecule has 3 rings (SSSR count). The third kappa shape index (κ3) is 2.72. The molecule has 0 radical (unpaired) electrons. The number of hydrogen-bond acceptors (Lipinski definition) is 5. The van der Waals surface area contributed by atoms with Crippen LogP contribution in [-0.4, -0.2) is 19.9 Å². The van der Waals surface area contributed by atoms with E-state index in [4.69, 9.17) is 0 Å². The van der Waals surface area contributed by atoms with Gasteiger partial charge in [0, 0.05) is 12.6 Å². The van der Waals surface area contributed by atoms with Crippen LogP contribution < -0.4 is 5.32 Å². The first-order valence-corrected chi connectivity index (χ1v) is 6.47. The van der Waals surface area contributed by atoms with Gasteiger partial charge in [-0.2, -0.15) is 0 Å². The maximum Gasteiger partial charge on any atom is 0.299 e. The third-order valence-corrected chi connectivity index (χ3v) is 3.15. The average molecular weight is 283 g/mol. The monoisotopic (exact) mass is 283 g/mol. The molecule has 7 heteroatoms. The van der Waals surface area contributed by atoms with Crippen LogP contribution in [0.2, 0.25) is 0 Å². The van der Waals surface area contributed by atoms with Crippen molar-refractivity contribution in [3.8, 4) is 0 Å². The van der Waals surface area contributed by atoms with Crippen molar-refractivity contribution in [1.29, 1.82) is 0 Å². The van der Waals surface area contributed by atoms with Crippen molar-refractivity contribution >= 4 is 16.7 Å². The predicted octanol–water partition coefficient (Wildman–Crippen LogP) is 2.09. The fourth-order valence-corrected chi connectivity index (χ4v) is 2.14. The Morgan fingerprint density at radius 3 is 2.71 bits per heavy atom. The van der Waals surface area contributed by atoms with Gasteiger partial charge in [-0.05, 0) is 11.6 Å². The Morgan fingerprint density at radius 2 is 1.95 bits per heavy atom. The molecule has 0 aliphatic heterocycles. The number of rotatable bonds is 5. The normalized spacial score (nSPS) is 10.9. The third-order valence-electron chi connectivity index (χ3n) is 3.15. The first kappa shape index (κ1) is 13.2. The van der Waals surface area contributed by atoms with Gasteiger partial charge in [0.15, 0.2) is 5.52 Å². The summed E-state index contributed by atoms with van der Waals surface area (Å²) in [6, 6.07) is 14.8. The summed E-state index contributed by atoms with van der Waals surface area (Å²) < 4.78 is 1.62. The van der Waals surface area contributed by atoms with Gasteiger partial charge in [-0.15, -0.1) is 5.10 Å². The van der Waals surface area contributed by atoms with Crippen LogP contribution in [0.4, 0.5) is 5.69 Å². The Kier molecular flexibility index (Phi) is 3.57. The Hall–Kier alpha value is -2.80. The lowest BCUT2D eigenvalue weighted by Gasteiger charge is -2.05. The summed E-state index contributed by atoms with van der Waals surface area (Å²) in [6.07, 6.45) is 0. The van der Waals surface area contributed by atoms with Gasteiger partial charge in [0.1, 0.15) is 0 Å². The Morgan fingerprint density at radius 1 is 1.14 bits per heavy atom. The van der Waals surface area contributed by atoms with Gasteiger partial charge in [-0.1, -0.05) is 41.6 Å². The van der Waals surface area contributed by atoms with Crippen LogP contribution in [0.25, 0.3) is 11.0 Å². The van der Waals surface area contributed by atoms with E-state index in [0.29, 0.717) is 24.2 Å². The molecule has 0 saturated carbocycles. The van der Waals surface area contributed by atoms with E-state index in [2.05, 4.69) is 15.6 Å². The number of nitrogens with one attached hydrogen (secondary N) is 1. The molecular formula is C14H13N5O2. The number of benzene rings is 2. The van der Waals surface area contributed by atoms with E-state index in [0.717, 1.165) is 5.56 Å². The SMILES string of the molecule is O=[N+]([O-])c1cccc2c1nnn2CNCc1ccccc1. The number of hydrogen-bond donors (Lipinski definition) is 1. The minimum atomic E-state index is -0.446. The topological polar surface area (TPSA) is 85.9 Å². The maximum atomic E-state index is 10.9. The summed E-state index contributed by atoms with van der Waals surface area (Å²) in [5.74, 6) is 0. The lowest BCUT2D eigenvalue weighted by atomic mass is 10.2. The average Bonchev–Trinajstić information content (AvgIpc) is 2.91. The van der Waals surface area contributed by atoms with Gasteiger partial charge in [0.05, 0.1) is 17.1 Å². The standard InChI is InChI=1S/C14H13N5O2/c20-19(21)13-8-4-7-12-14(13)16-17-18(12)10-15-9-11-5-2-1-3-6-11/h1-8,15H,9-10H2. The summed E-state index contributed by atoms with van der Waals surface area (Å²) in [5, 5.41) is 22.0. The quantitative estimate of drug-likeness (QED) is 0.572. The second-order valence-electron chi connectivity index (χ2n) is 4.56. The molecule has 1 N–H and O–H groups in total. The Balaban J connectivity index is 1.76. The van der Waals surface area contributed by atoms with Crippen LogP contribution >= 0.6 is 0 Å². The molecule has 0 unspecified atom stereocenters. The minimum Gasteiger partial charge on any atom is -0.294 e. The molecule has 1 aromatic heterocycles. The fourth-order valence-electron chi connectivity index (χ4n) is 2.14. The zero-order valence-corrected chi connectivity index (χ0v) is 11.1. The number of fused-ring (bicyclic) bond motifs is 1. The molecule has 0 aliphatic carbocycles. The van der Waals surface area contributed by atoms with Crippen LogP contribution in [0.15, 0.2) is 48.5 Å². The van der Waals surface area contributed by atoms with Crippen LogP contribution in [-0.2, 0) is 13.2 Å². The van der Waals surface area contributed by atoms with Gasteiger partial charge >= 0.3 is 0 Å². The summed E-state index contributed by atoms with van der Waals surface area (Å²) >= 11 is 0. The summed E-state index contributed by atoms with van der Waals surface area (Å²) in [4.78, 5) is 10.5. The largest absolute Gasteiger partial charge is 0.299 e. The molecule has 0 aliphatic rings. The van der Waals surface area contributed by atoms with E-state index in [1.165, 1.54) is 6.07 Å². The van der Waals surface area contributed by atoms with Crippen LogP contribution in [0.3, 0.4) is 0 Å². The van der Waals surface area contributed by atoms with Crippen molar-refractivity contribution in [3.63, 3.8) is 0 Å². The zero-order valence-electron chi connectivity index (χ0n) is 11.1. The number of nitrogens with zero attached hydrogens (tertiary/aromatic N) is 4. The minimum absolute atomic E-state index is 0.0261. The molecular weight excluding hydrogens is 270 g/mol. The van der Waals surface area contributed by atoms with Gasteiger partial charge in [0.2, 0.25) is 0 Å². The number of aromatic nitrogens is 3. The lowest BCUT2D eigenvalue weighted by Crippen LogP contribution is -2.18. The molecule has 0 saturated heterocycles. The number of nitro groups is 1. The molecule has 0 bridgehead atoms. The van der Waals surface area contributed by atoms with Gasteiger partial charge in [-0.25, -0.2) is 4.68 Å². The summed E-state index contributed by atoms with van der Waals surface area (Å²) in [6.45, 7) is 1.13. The van der Waals surface area contributed by atoms with E-state index in [1.807, 2.05) is 30.3 Å². The van der Waals surface area contributed by atoms with Gasteiger partial charge in [-0.3, -0.25) is 15.4 Å². The molecule has 0 amide bonds. The van der Waals surface area contributed by atoms with E-state index in [1.54, 1.807) is 16.8 Å². The molecule has 0 spiro atoms. The van der Waals surface area contributed by atoms with Gasteiger partial charge < -0.3 is 0 Å². The molecule has 0 atom stereocenters. The van der Waals surface area contributed by atoms with Crippen molar-refractivity contribution in [1.82, 2.24) is 20.3 Å². The molecule has 1 heterocycles. The molecule has 21 heavy (non-hydrogen) atoms. The highest BCUT2D eigenvalue weighted by Crippen LogP contribution is 2.22. The second-order valence-corrected chi connectivity index (χ2v) is 4.56. The number of non-ortho nitro benzene ring substituents is 1. The van der Waals surface area contributed by atoms with Crippen molar-refractivity contribution in [2.24, 2.45) is 0 Å². The van der Waals surface area contributed by atoms with Crippen molar-refractivity contribution in [2.45, 2.75) is 13.2 Å². The van der Waals surface area contributed by atoms with Crippen molar-refractivity contribution in [3.05, 3.63) is 64.2 Å². The molecule has 0 fully saturated rings. The smallest absolute Gasteiger partial charge is 0.294 e. The fraction of sp³-hybridized carbons (Fsp3) is 0.143. The van der Waals surface area contributed by atoms with Gasteiger partial charge in [0.25, 0.3) is 5.69 Å². The molecule has 7 nitrogen and oxygen atoms in total. The van der Waals surface area contributed by atoms with E-state index in [-0.39, 0.29) is 5.69 Å². The highest BCUT2D eigenvalue weighted by molar-refractivity contribution is 5.83. The summed E-state index contributed by atoms with van der Waals surface area (Å²) in [7, 11) is 0. The molecule has 2 aromatic carbocycles. The number of nitro benzene ring substituents is 1. The van der Waals surface area contributed by atoms with Crippen molar-refractivity contribution < 1.29 is 4.92 Å². The first-order chi connectivity index (χ1) is 10.3. The van der Waals surface area contributed by atoms with Crippen LogP contribution in [0.5, 0.6) is 0 Å². The van der Waals surface area contributed by atoms with Crippen molar-refractivity contribution in [2.75, 3.05) is 0 Å². The van der Waals surface area contributed by atoms with Crippen LogP contribution in [0.1, 0.15) is 5.56 Å². The lowest BCUT2D eigenvalue weighted by molar-refractivity contribution is -0.383. The second kappa shape index (κ2) is 5.68. The predicted molar refractivity (Wildman–Crippen MR) is 77.5 cm³/mol. The van der Waals surface area contributed by atoms with E-state index < -0.39 is 4.92 Å². The zero-order chi connectivity index (χ0) is 14.7. The summed E-state index contributed by atoms with van der Waals surface area (Å²) in [5.41, 5.74) is 2.09. The van der Waals surface area contributed by atoms with Crippen LogP contribution in [0, 0.1) is 10.1 Å². The highest BCUT2D eigenvalue weighted by Gasteiger charge is 2.16. The molecule has 3 aromatic rings. The Labute approximate surface area is 120 Å². The van der Waals surface area contributed by atoms with E-state index in [9.17, 15) is 10.1 Å². The first-order valence-electron chi connectivity index (χ1n) is 6.47.